The number of fused-ring (bicyclic) bond motifs is 1. The standard InChI is InChI=1S/C19H27NO4/c1-4-5-6-7-8-9-13-24-15-12-10-11-14-16(15)17(21)18(23-3)19(22)20(14)2/h10-12,21H,4-9,13H2,1-3H3. The van der Waals surface area contributed by atoms with E-state index in [4.69, 9.17) is 9.47 Å². The Morgan fingerprint density at radius 2 is 1.83 bits per heavy atom. The molecule has 1 N–H and O–H groups in total. The van der Waals surface area contributed by atoms with Crippen LogP contribution in [-0.4, -0.2) is 23.4 Å². The summed E-state index contributed by atoms with van der Waals surface area (Å²) in [4.78, 5) is 12.2. The number of pyridine rings is 1. The first kappa shape index (κ1) is 18.2. The summed E-state index contributed by atoms with van der Waals surface area (Å²) < 4.78 is 12.4. The van der Waals surface area contributed by atoms with Gasteiger partial charge in [-0.3, -0.25) is 4.79 Å². The average molecular weight is 333 g/mol. The highest BCUT2D eigenvalue weighted by Crippen LogP contribution is 2.37. The summed E-state index contributed by atoms with van der Waals surface area (Å²) in [5.41, 5.74) is 0.259. The van der Waals surface area contributed by atoms with E-state index in [0.29, 0.717) is 23.3 Å². The summed E-state index contributed by atoms with van der Waals surface area (Å²) >= 11 is 0. The molecule has 0 radical (unpaired) electrons. The largest absolute Gasteiger partial charge is 0.504 e. The van der Waals surface area contributed by atoms with E-state index in [1.54, 1.807) is 13.1 Å². The third-order valence-corrected chi connectivity index (χ3v) is 4.28. The smallest absolute Gasteiger partial charge is 0.297 e. The van der Waals surface area contributed by atoms with Gasteiger partial charge in [-0.2, -0.15) is 0 Å². The predicted molar refractivity (Wildman–Crippen MR) is 96.3 cm³/mol. The summed E-state index contributed by atoms with van der Waals surface area (Å²) in [6.07, 6.45) is 7.13. The number of methoxy groups -OCH3 is 1. The molecule has 5 heteroatoms. The number of aromatic nitrogens is 1. The first-order chi connectivity index (χ1) is 11.6. The number of hydrogen-bond acceptors (Lipinski definition) is 4. The fourth-order valence-corrected chi connectivity index (χ4v) is 2.88. The quantitative estimate of drug-likeness (QED) is 0.705. The topological polar surface area (TPSA) is 60.7 Å². The van der Waals surface area contributed by atoms with Crippen LogP contribution in [0.15, 0.2) is 23.0 Å². The molecular weight excluding hydrogens is 306 g/mol. The number of rotatable bonds is 9. The highest BCUT2D eigenvalue weighted by Gasteiger charge is 2.18. The van der Waals surface area contributed by atoms with E-state index in [-0.39, 0.29) is 17.1 Å². The number of hydrogen-bond donors (Lipinski definition) is 1. The summed E-state index contributed by atoms with van der Waals surface area (Å²) in [6, 6.07) is 5.42. The van der Waals surface area contributed by atoms with Gasteiger partial charge >= 0.3 is 0 Å². The molecule has 0 amide bonds. The average Bonchev–Trinajstić information content (AvgIpc) is 2.59. The van der Waals surface area contributed by atoms with Crippen LogP contribution < -0.4 is 15.0 Å². The van der Waals surface area contributed by atoms with Crippen molar-refractivity contribution in [2.24, 2.45) is 7.05 Å². The lowest BCUT2D eigenvalue weighted by molar-refractivity contribution is 0.306. The third-order valence-electron chi connectivity index (χ3n) is 4.28. The fraction of sp³-hybridized carbons (Fsp3) is 0.526. The number of aryl methyl sites for hydroxylation is 1. The van der Waals surface area contributed by atoms with Gasteiger partial charge in [-0.25, -0.2) is 0 Å². The summed E-state index contributed by atoms with van der Waals surface area (Å²) in [7, 11) is 3.03. The van der Waals surface area contributed by atoms with E-state index in [1.807, 2.05) is 12.1 Å². The Balaban J connectivity index is 2.16. The van der Waals surface area contributed by atoms with Crippen LogP contribution in [0.2, 0.25) is 0 Å². The molecule has 5 nitrogen and oxygen atoms in total. The second kappa shape index (κ2) is 8.62. The first-order valence-corrected chi connectivity index (χ1v) is 8.63. The van der Waals surface area contributed by atoms with Crippen LogP contribution in [0.5, 0.6) is 17.2 Å². The molecule has 0 atom stereocenters. The van der Waals surface area contributed by atoms with E-state index >= 15 is 0 Å². The normalized spacial score (nSPS) is 11.0. The first-order valence-electron chi connectivity index (χ1n) is 8.63. The molecule has 0 fully saturated rings. The van der Waals surface area contributed by atoms with Crippen LogP contribution in [0.1, 0.15) is 45.4 Å². The monoisotopic (exact) mass is 333 g/mol. The van der Waals surface area contributed by atoms with Crippen molar-refractivity contribution in [1.82, 2.24) is 4.57 Å². The second-order valence-corrected chi connectivity index (χ2v) is 6.01. The van der Waals surface area contributed by atoms with Gasteiger partial charge in [-0.05, 0) is 18.6 Å². The molecule has 0 aliphatic carbocycles. The van der Waals surface area contributed by atoms with Crippen molar-refractivity contribution in [2.45, 2.75) is 45.4 Å². The van der Waals surface area contributed by atoms with Gasteiger partial charge in [0.2, 0.25) is 5.75 Å². The third kappa shape index (κ3) is 3.83. The van der Waals surface area contributed by atoms with Gasteiger partial charge in [0, 0.05) is 7.05 Å². The van der Waals surface area contributed by atoms with Gasteiger partial charge in [-0.15, -0.1) is 0 Å². The molecule has 0 aliphatic rings. The molecule has 24 heavy (non-hydrogen) atoms. The van der Waals surface area contributed by atoms with Crippen LogP contribution in [0.4, 0.5) is 0 Å². The van der Waals surface area contributed by atoms with E-state index in [2.05, 4.69) is 6.92 Å². The molecule has 0 bridgehead atoms. The van der Waals surface area contributed by atoms with Crippen molar-refractivity contribution in [1.29, 1.82) is 0 Å². The van der Waals surface area contributed by atoms with Crippen LogP contribution in [0.25, 0.3) is 10.9 Å². The summed E-state index contributed by atoms with van der Waals surface area (Å²) in [6.45, 7) is 2.80. The van der Waals surface area contributed by atoms with Gasteiger partial charge < -0.3 is 19.1 Å². The minimum Gasteiger partial charge on any atom is -0.504 e. The van der Waals surface area contributed by atoms with E-state index in [0.717, 1.165) is 12.8 Å². The zero-order chi connectivity index (χ0) is 17.5. The van der Waals surface area contributed by atoms with Crippen molar-refractivity contribution in [3.8, 4) is 17.2 Å². The van der Waals surface area contributed by atoms with Gasteiger partial charge in [0.15, 0.2) is 5.75 Å². The minimum absolute atomic E-state index is 0.0550. The van der Waals surface area contributed by atoms with Gasteiger partial charge in [0.25, 0.3) is 5.56 Å². The highest BCUT2D eigenvalue weighted by atomic mass is 16.5. The molecule has 0 aliphatic heterocycles. The van der Waals surface area contributed by atoms with Crippen LogP contribution in [0.3, 0.4) is 0 Å². The minimum atomic E-state index is -0.365. The van der Waals surface area contributed by atoms with Gasteiger partial charge in [0.1, 0.15) is 5.75 Å². The lowest BCUT2D eigenvalue weighted by Crippen LogP contribution is -2.19. The van der Waals surface area contributed by atoms with Crippen molar-refractivity contribution in [3.05, 3.63) is 28.6 Å². The lowest BCUT2D eigenvalue weighted by atomic mass is 10.1. The predicted octanol–water partition coefficient (Wildman–Crippen LogP) is 3.99. The van der Waals surface area contributed by atoms with Crippen molar-refractivity contribution < 1.29 is 14.6 Å². The molecule has 2 rings (SSSR count). The highest BCUT2D eigenvalue weighted by molar-refractivity contribution is 5.93. The van der Waals surface area contributed by atoms with Crippen molar-refractivity contribution in [2.75, 3.05) is 13.7 Å². The van der Waals surface area contributed by atoms with Crippen LogP contribution >= 0.6 is 0 Å². The Morgan fingerprint density at radius 1 is 1.12 bits per heavy atom. The molecule has 0 saturated heterocycles. The summed E-state index contributed by atoms with van der Waals surface area (Å²) in [5.74, 6) is 0.363. The maximum Gasteiger partial charge on any atom is 0.297 e. The van der Waals surface area contributed by atoms with Crippen LogP contribution in [-0.2, 0) is 7.05 Å². The number of aromatic hydroxyl groups is 1. The Hall–Kier alpha value is -2.17. The Labute approximate surface area is 142 Å². The molecule has 1 aromatic heterocycles. The Kier molecular flexibility index (Phi) is 6.53. The van der Waals surface area contributed by atoms with Crippen molar-refractivity contribution in [3.63, 3.8) is 0 Å². The van der Waals surface area contributed by atoms with Gasteiger partial charge in [0.05, 0.1) is 24.6 Å². The second-order valence-electron chi connectivity index (χ2n) is 6.01. The molecular formula is C19H27NO4. The van der Waals surface area contributed by atoms with Crippen LogP contribution in [0, 0.1) is 0 Å². The van der Waals surface area contributed by atoms with E-state index < -0.39 is 0 Å². The molecule has 0 unspecified atom stereocenters. The van der Waals surface area contributed by atoms with Gasteiger partial charge in [-0.1, -0.05) is 45.1 Å². The molecule has 2 aromatic rings. The molecule has 1 aromatic carbocycles. The molecule has 0 saturated carbocycles. The number of ether oxygens (including phenoxy) is 2. The zero-order valence-electron chi connectivity index (χ0n) is 14.8. The summed E-state index contributed by atoms with van der Waals surface area (Å²) in [5, 5.41) is 10.9. The molecule has 1 heterocycles. The van der Waals surface area contributed by atoms with Crippen molar-refractivity contribution >= 4 is 10.9 Å². The van der Waals surface area contributed by atoms with E-state index in [9.17, 15) is 9.90 Å². The lowest BCUT2D eigenvalue weighted by Gasteiger charge is -2.14. The maximum atomic E-state index is 12.2. The maximum absolute atomic E-state index is 12.2. The number of unbranched alkanes of at least 4 members (excludes halogenated alkanes) is 5. The Bertz CT molecular complexity index is 736. The molecule has 132 valence electrons. The zero-order valence-corrected chi connectivity index (χ0v) is 14.8. The SMILES string of the molecule is CCCCCCCCOc1cccc2c1c(O)c(OC)c(=O)n2C. The Morgan fingerprint density at radius 3 is 2.54 bits per heavy atom. The van der Waals surface area contributed by atoms with E-state index in [1.165, 1.54) is 37.4 Å². The molecule has 0 spiro atoms. The number of benzene rings is 1. The fourth-order valence-electron chi connectivity index (χ4n) is 2.88. The number of nitrogens with zero attached hydrogens (tertiary/aromatic N) is 1.